The first-order chi connectivity index (χ1) is 17.9. The van der Waals surface area contributed by atoms with E-state index in [4.69, 9.17) is 9.16 Å². The van der Waals surface area contributed by atoms with Crippen molar-refractivity contribution < 1.29 is 14.0 Å². The number of amides is 1. The largest absolute Gasteiger partial charge is 0.497 e. The molecule has 0 fully saturated rings. The van der Waals surface area contributed by atoms with Crippen molar-refractivity contribution in [2.45, 2.75) is 38.0 Å². The van der Waals surface area contributed by atoms with Gasteiger partial charge in [-0.15, -0.1) is 0 Å². The quantitative estimate of drug-likeness (QED) is 0.217. The number of ether oxygens (including phenoxy) is 1. The highest BCUT2D eigenvalue weighted by molar-refractivity contribution is 6.99. The minimum Gasteiger partial charge on any atom is -0.497 e. The van der Waals surface area contributed by atoms with Crippen LogP contribution in [0.25, 0.3) is 0 Å². The topological polar surface area (TPSA) is 47.6 Å². The lowest BCUT2D eigenvalue weighted by atomic mass is 9.96. The van der Waals surface area contributed by atoms with Crippen molar-refractivity contribution in [1.29, 1.82) is 0 Å². The average Bonchev–Trinajstić information content (AvgIpc) is 2.93. The summed E-state index contributed by atoms with van der Waals surface area (Å²) in [5.74, 6) is 0.742. The van der Waals surface area contributed by atoms with Crippen LogP contribution < -0.4 is 20.4 Å². The van der Waals surface area contributed by atoms with Gasteiger partial charge in [-0.3, -0.25) is 4.79 Å². The lowest BCUT2D eigenvalue weighted by molar-refractivity contribution is -0.110. The van der Waals surface area contributed by atoms with Crippen LogP contribution in [0.5, 0.6) is 5.75 Å². The van der Waals surface area contributed by atoms with Gasteiger partial charge in [0, 0.05) is 0 Å². The first-order valence-electron chi connectivity index (χ1n) is 12.6. The van der Waals surface area contributed by atoms with Crippen molar-refractivity contribution in [2.24, 2.45) is 0 Å². The molecular formula is C32H35NO3Si. The zero-order valence-electron chi connectivity index (χ0n) is 21.9. The van der Waals surface area contributed by atoms with Crippen LogP contribution in [0.2, 0.25) is 5.04 Å². The van der Waals surface area contributed by atoms with Crippen LogP contribution in [0.4, 0.5) is 0 Å². The van der Waals surface area contributed by atoms with Gasteiger partial charge in [0.05, 0.1) is 19.3 Å². The van der Waals surface area contributed by atoms with Crippen molar-refractivity contribution in [1.82, 2.24) is 5.32 Å². The summed E-state index contributed by atoms with van der Waals surface area (Å²) < 4.78 is 13.2. The molecule has 1 amide bonds. The van der Waals surface area contributed by atoms with Crippen molar-refractivity contribution in [3.8, 4) is 5.75 Å². The third-order valence-corrected chi connectivity index (χ3v) is 11.9. The van der Waals surface area contributed by atoms with Gasteiger partial charge in [0.2, 0.25) is 6.41 Å². The number of rotatable bonds is 10. The summed E-state index contributed by atoms with van der Waals surface area (Å²) in [5, 5.41) is 5.22. The molecule has 0 bridgehead atoms. The third kappa shape index (κ3) is 5.53. The normalized spacial score (nSPS) is 13.4. The van der Waals surface area contributed by atoms with Crippen LogP contribution in [0.1, 0.15) is 44.0 Å². The molecule has 0 unspecified atom stereocenters. The number of carbonyl (C=O) groups is 1. The van der Waals surface area contributed by atoms with Crippen LogP contribution in [-0.2, 0) is 9.22 Å². The Labute approximate surface area is 221 Å². The van der Waals surface area contributed by atoms with E-state index in [9.17, 15) is 4.79 Å². The van der Waals surface area contributed by atoms with Gasteiger partial charge in [-0.2, -0.15) is 0 Å². The van der Waals surface area contributed by atoms with E-state index in [1.807, 2.05) is 66.7 Å². The number of methoxy groups -OCH3 is 1. The van der Waals surface area contributed by atoms with E-state index in [0.29, 0.717) is 0 Å². The fourth-order valence-corrected chi connectivity index (χ4v) is 9.79. The van der Waals surface area contributed by atoms with Gasteiger partial charge in [-0.1, -0.05) is 124 Å². The lowest BCUT2D eigenvalue weighted by Crippen LogP contribution is -2.67. The minimum absolute atomic E-state index is 0.227. The molecule has 0 heterocycles. The molecule has 0 aliphatic carbocycles. The van der Waals surface area contributed by atoms with Gasteiger partial charge in [0.25, 0.3) is 8.32 Å². The molecule has 4 aromatic carbocycles. The van der Waals surface area contributed by atoms with Crippen LogP contribution >= 0.6 is 0 Å². The first kappa shape index (κ1) is 26.4. The van der Waals surface area contributed by atoms with E-state index in [1.54, 1.807) is 7.11 Å². The Bertz CT molecular complexity index is 1230. The van der Waals surface area contributed by atoms with E-state index in [0.717, 1.165) is 23.3 Å². The van der Waals surface area contributed by atoms with Crippen molar-refractivity contribution in [2.75, 3.05) is 7.11 Å². The fourth-order valence-electron chi connectivity index (χ4n) is 5.12. The summed E-state index contributed by atoms with van der Waals surface area (Å²) in [6.45, 7) is 6.77. The molecule has 190 valence electrons. The SMILES string of the molecule is COc1cccc([C@@H](O[Si](c2ccccc2)(c2ccccc2)C(C)(C)C)[C@@H](NC=O)c2ccccc2)c1. The van der Waals surface area contributed by atoms with E-state index in [1.165, 1.54) is 10.4 Å². The Hall–Kier alpha value is -3.67. The molecule has 4 nitrogen and oxygen atoms in total. The Morgan fingerprint density at radius 2 is 1.24 bits per heavy atom. The molecule has 2 atom stereocenters. The Balaban J connectivity index is 2.00. The molecule has 0 spiro atoms. The highest BCUT2D eigenvalue weighted by Crippen LogP contribution is 2.43. The summed E-state index contributed by atoms with van der Waals surface area (Å²) in [6.07, 6.45) is 0.286. The summed E-state index contributed by atoms with van der Waals surface area (Å²) in [6, 6.07) is 38.7. The number of nitrogens with one attached hydrogen (secondary N) is 1. The van der Waals surface area contributed by atoms with Gasteiger partial charge in [0.15, 0.2) is 0 Å². The van der Waals surface area contributed by atoms with Crippen LogP contribution in [0.3, 0.4) is 0 Å². The molecule has 4 rings (SSSR count). The zero-order chi connectivity index (χ0) is 26.3. The molecule has 4 aromatic rings. The highest BCUT2D eigenvalue weighted by Gasteiger charge is 2.52. The van der Waals surface area contributed by atoms with E-state index in [2.05, 4.69) is 74.6 Å². The first-order valence-corrected chi connectivity index (χ1v) is 14.5. The molecule has 1 N–H and O–H groups in total. The summed E-state index contributed by atoms with van der Waals surface area (Å²) in [4.78, 5) is 12.0. The van der Waals surface area contributed by atoms with Crippen LogP contribution in [-0.4, -0.2) is 21.8 Å². The van der Waals surface area contributed by atoms with Crippen molar-refractivity contribution >= 4 is 25.1 Å². The van der Waals surface area contributed by atoms with Crippen molar-refractivity contribution in [3.05, 3.63) is 126 Å². The van der Waals surface area contributed by atoms with Gasteiger partial charge in [-0.25, -0.2) is 0 Å². The molecule has 0 saturated carbocycles. The van der Waals surface area contributed by atoms with Crippen LogP contribution in [0.15, 0.2) is 115 Å². The molecule has 37 heavy (non-hydrogen) atoms. The van der Waals surface area contributed by atoms with Gasteiger partial charge in [-0.05, 0) is 38.7 Å². The smallest absolute Gasteiger partial charge is 0.262 e. The third-order valence-electron chi connectivity index (χ3n) is 6.85. The number of carbonyl (C=O) groups excluding carboxylic acids is 1. The van der Waals surface area contributed by atoms with Gasteiger partial charge < -0.3 is 14.5 Å². The van der Waals surface area contributed by atoms with E-state index in [-0.39, 0.29) is 5.04 Å². The van der Waals surface area contributed by atoms with Crippen molar-refractivity contribution in [3.63, 3.8) is 0 Å². The zero-order valence-corrected chi connectivity index (χ0v) is 22.9. The van der Waals surface area contributed by atoms with E-state index < -0.39 is 20.5 Å². The average molecular weight is 510 g/mol. The van der Waals surface area contributed by atoms with E-state index >= 15 is 0 Å². The molecule has 0 radical (unpaired) electrons. The fraction of sp³-hybridized carbons (Fsp3) is 0.219. The lowest BCUT2D eigenvalue weighted by Gasteiger charge is -2.46. The monoisotopic (exact) mass is 509 g/mol. The summed E-state index contributed by atoms with van der Waals surface area (Å²) in [5.41, 5.74) is 1.91. The summed E-state index contributed by atoms with van der Waals surface area (Å²) in [7, 11) is -1.28. The molecule has 0 aromatic heterocycles. The second-order valence-electron chi connectivity index (χ2n) is 10.2. The van der Waals surface area contributed by atoms with Gasteiger partial charge >= 0.3 is 0 Å². The Kier molecular flexibility index (Phi) is 8.26. The Morgan fingerprint density at radius 1 is 0.730 bits per heavy atom. The maximum Gasteiger partial charge on any atom is 0.262 e. The second kappa shape index (κ2) is 11.6. The predicted octanol–water partition coefficient (Wildman–Crippen LogP) is 5.80. The predicted molar refractivity (Wildman–Crippen MR) is 153 cm³/mol. The second-order valence-corrected chi connectivity index (χ2v) is 14.4. The maximum absolute atomic E-state index is 12.0. The highest BCUT2D eigenvalue weighted by atomic mass is 28.4. The van der Waals surface area contributed by atoms with Crippen LogP contribution in [0, 0.1) is 0 Å². The standard InChI is InChI=1S/C32H35NO3Si/c1-32(2,3)37(28-19-10-6-11-20-28,29-21-12-7-13-22-29)36-31(26-17-14-18-27(23-26)35-4)30(33-24-34)25-15-8-5-9-16-25/h5-24,30-31H,1-4H3,(H,33,34)/t30-,31+/m0/s1. The number of hydrogen-bond acceptors (Lipinski definition) is 3. The number of benzene rings is 4. The minimum atomic E-state index is -2.94. The molecule has 0 saturated heterocycles. The molecule has 5 heteroatoms. The molecule has 0 aliphatic rings. The number of hydrogen-bond donors (Lipinski definition) is 1. The summed E-state index contributed by atoms with van der Waals surface area (Å²) >= 11 is 0. The molecular weight excluding hydrogens is 474 g/mol. The van der Waals surface area contributed by atoms with Gasteiger partial charge in [0.1, 0.15) is 5.75 Å². The molecule has 0 aliphatic heterocycles. The Morgan fingerprint density at radius 3 is 1.73 bits per heavy atom. The maximum atomic E-state index is 12.0.